The fourth-order valence-electron chi connectivity index (χ4n) is 6.06. The Morgan fingerprint density at radius 2 is 0.548 bits per heavy atom. The second-order valence-electron chi connectivity index (χ2n) is 15.6. The minimum Gasteiger partial charge on any atom is -0.0905 e. The van der Waals surface area contributed by atoms with Crippen molar-refractivity contribution < 1.29 is 34.1 Å². The van der Waals surface area contributed by atoms with Crippen molar-refractivity contribution >= 4 is 48.1 Å². The van der Waals surface area contributed by atoms with Gasteiger partial charge in [0, 0.05) is 22.6 Å². The molecule has 8 heteroatoms. The fraction of sp³-hybridized carbons (Fsp3) is 0.412. The maximum atomic E-state index is 2.53. The zero-order valence-electron chi connectivity index (χ0n) is 27.9. The van der Waals surface area contributed by atoms with Gasteiger partial charge in [0.1, 0.15) is 0 Å². The minimum absolute atomic E-state index is 0. The van der Waals surface area contributed by atoms with Gasteiger partial charge in [0.15, 0.2) is 0 Å². The van der Waals surface area contributed by atoms with Gasteiger partial charge in [-0.2, -0.15) is 0 Å². The van der Waals surface area contributed by atoms with Gasteiger partial charge >= 0.3 is 34.1 Å². The largest absolute Gasteiger partial charge is 2.00 e. The Balaban J connectivity index is 0.00000308. The summed E-state index contributed by atoms with van der Waals surface area (Å²) in [6.45, 7) is 30.4. The summed E-state index contributed by atoms with van der Waals surface area (Å²) in [6, 6.07) is 0. The van der Waals surface area contributed by atoms with Crippen molar-refractivity contribution in [2.24, 2.45) is 0 Å². The van der Waals surface area contributed by atoms with Crippen LogP contribution in [0.2, 0.25) is 78.6 Å². The average Bonchev–Trinajstić information content (AvgIpc) is 3.60. The minimum atomic E-state index is -1.45. The first-order chi connectivity index (χ1) is 18.4. The van der Waals surface area contributed by atoms with Crippen LogP contribution < -0.4 is 0 Å². The van der Waals surface area contributed by atoms with E-state index in [-0.39, 0.29) is 34.1 Å². The van der Waals surface area contributed by atoms with Crippen LogP contribution in [0.15, 0.2) is 0 Å². The summed E-state index contributed by atoms with van der Waals surface area (Å²) in [4.78, 5) is 0. The van der Waals surface area contributed by atoms with Crippen molar-refractivity contribution in [3.8, 4) is 0 Å². The molecule has 0 aromatic heterocycles. The van der Waals surface area contributed by atoms with Crippen LogP contribution >= 0.6 is 15.8 Å². The summed E-state index contributed by atoms with van der Waals surface area (Å²) in [5.41, 5.74) is 13.5. The van der Waals surface area contributed by atoms with Gasteiger partial charge in [0.05, 0.1) is 32.3 Å². The normalized spacial score (nSPS) is 24.4. The van der Waals surface area contributed by atoms with Crippen molar-refractivity contribution in [2.75, 3.05) is 12.3 Å². The van der Waals surface area contributed by atoms with Gasteiger partial charge in [-0.25, -0.2) is 0 Å². The molecule has 0 aromatic carbocycles. The van der Waals surface area contributed by atoms with Gasteiger partial charge < -0.3 is 0 Å². The van der Waals surface area contributed by atoms with Gasteiger partial charge in [-0.3, -0.25) is 0 Å². The predicted molar refractivity (Wildman–Crippen MR) is 195 cm³/mol. The van der Waals surface area contributed by atoms with Crippen molar-refractivity contribution in [2.45, 2.75) is 78.6 Å². The van der Waals surface area contributed by atoms with Crippen LogP contribution in [0.3, 0.4) is 0 Å². The SMILES string of the molecule is C[Si](C)(C)[C]1[CH][CH][CH][C]1P(CCP([C]1[CH][CH][CH][C]1[Si](C)(C)C)[C]1[CH][CH][CH][C]1[Si](C)(C)C)[C]1[CH][CH][CH][C]1[Si](C)(C)C.[Fe+2].[Fe+2]. The van der Waals surface area contributed by atoms with Crippen molar-refractivity contribution in [3.05, 3.63) is 122 Å². The molecule has 0 atom stereocenters. The quantitative estimate of drug-likeness (QED) is 0.146. The monoisotopic (exact) mass is 746 g/mol. The molecule has 4 aliphatic rings. The Kier molecular flexibility index (Phi) is 15.6. The van der Waals surface area contributed by atoms with Crippen LogP contribution in [0.1, 0.15) is 0 Å². The molecule has 4 aliphatic carbocycles. The Morgan fingerprint density at radius 3 is 0.714 bits per heavy atom. The van der Waals surface area contributed by atoms with E-state index in [4.69, 9.17) is 0 Å². The molecule has 0 N–H and O–H groups in total. The Labute approximate surface area is 292 Å². The van der Waals surface area contributed by atoms with Crippen LogP contribution in [-0.4, -0.2) is 44.6 Å². The van der Waals surface area contributed by atoms with Gasteiger partial charge in [-0.05, 0) is 112 Å². The molecular weight excluding hydrogens is 694 g/mol. The molecule has 226 valence electrons. The third kappa shape index (κ3) is 9.69. The average molecular weight is 747 g/mol. The summed E-state index contributed by atoms with van der Waals surface area (Å²) in [7, 11) is -6.60. The number of rotatable bonds is 11. The molecule has 4 rings (SSSR count). The van der Waals surface area contributed by atoms with E-state index in [1.54, 1.807) is 44.8 Å². The van der Waals surface area contributed by atoms with E-state index in [9.17, 15) is 0 Å². The van der Waals surface area contributed by atoms with Gasteiger partial charge in [0.25, 0.3) is 0 Å². The van der Waals surface area contributed by atoms with Crippen LogP contribution in [-0.2, 0) is 34.1 Å². The molecule has 0 amide bonds. The maximum Gasteiger partial charge on any atom is 2.00 e. The molecule has 0 aromatic rings. The second-order valence-corrected chi connectivity index (χ2v) is 40.3. The summed E-state index contributed by atoms with van der Waals surface area (Å²) >= 11 is 0. The fourth-order valence-corrected chi connectivity index (χ4v) is 23.1. The van der Waals surface area contributed by atoms with E-state index in [1.165, 1.54) is 12.3 Å². The van der Waals surface area contributed by atoms with E-state index in [1.807, 2.05) is 0 Å². The first-order valence-corrected chi connectivity index (χ1v) is 32.1. The topological polar surface area (TPSA) is 0 Å². The molecule has 4 saturated carbocycles. The smallest absolute Gasteiger partial charge is 0.0905 e. The molecule has 0 unspecified atom stereocenters. The van der Waals surface area contributed by atoms with Crippen LogP contribution in [0, 0.1) is 122 Å². The van der Waals surface area contributed by atoms with E-state index in [2.05, 4.69) is 156 Å². The van der Waals surface area contributed by atoms with Crippen LogP contribution in [0.25, 0.3) is 0 Å². The second kappa shape index (κ2) is 16.0. The third-order valence-corrected chi connectivity index (χ3v) is 22.7. The third-order valence-electron chi connectivity index (χ3n) is 8.11. The number of hydrogen-bond acceptors (Lipinski definition) is 0. The van der Waals surface area contributed by atoms with E-state index in [0.717, 1.165) is 0 Å². The Bertz CT molecular complexity index is 699. The molecule has 0 heterocycles. The van der Waals surface area contributed by atoms with Crippen molar-refractivity contribution in [1.29, 1.82) is 0 Å². The van der Waals surface area contributed by atoms with Crippen molar-refractivity contribution in [3.63, 3.8) is 0 Å². The van der Waals surface area contributed by atoms with E-state index < -0.39 is 48.1 Å². The van der Waals surface area contributed by atoms with Gasteiger partial charge in [-0.1, -0.05) is 94.4 Å². The van der Waals surface area contributed by atoms with Crippen molar-refractivity contribution in [1.82, 2.24) is 0 Å². The molecule has 0 spiro atoms. The molecule has 4 fully saturated rings. The predicted octanol–water partition coefficient (Wildman–Crippen LogP) is 10.4. The first kappa shape index (κ1) is 40.9. The molecule has 0 bridgehead atoms. The summed E-state index contributed by atoms with van der Waals surface area (Å²) < 4.78 is 0. The van der Waals surface area contributed by atoms with Crippen LogP contribution in [0.5, 0.6) is 0 Å². The molecule has 0 aliphatic heterocycles. The zero-order chi connectivity index (χ0) is 29.7. The number of hydrogen-bond donors (Lipinski definition) is 0. The summed E-state index contributed by atoms with van der Waals surface area (Å²) in [6.07, 6.45) is 31.9. The molecule has 0 nitrogen and oxygen atoms in total. The molecule has 0 saturated heterocycles. The molecular formula is C34H52Fe2P2Si4+4. The standard InChI is InChI=1S/C34H52P2Si4.2Fe/c1-37(2,3)31-21-13-17-27(31)35(28-18-14-22-32(28)38(4,5)6)25-26-36(29-19-15-23-33(29)39(7,8)9)30-20-16-24-34(30)40(10,11)12;;/h13-24H,25-26H2,1-12H3;;/q;2*+2. The maximum absolute atomic E-state index is 2.53. The van der Waals surface area contributed by atoms with Gasteiger partial charge in [-0.15, -0.1) is 0 Å². The van der Waals surface area contributed by atoms with E-state index >= 15 is 0 Å². The summed E-state index contributed by atoms with van der Waals surface area (Å²) in [5, 5.41) is 0. The Hall–Kier alpha value is 2.77. The first-order valence-electron chi connectivity index (χ1n) is 15.0. The van der Waals surface area contributed by atoms with Gasteiger partial charge in [0.2, 0.25) is 0 Å². The van der Waals surface area contributed by atoms with E-state index in [0.29, 0.717) is 0 Å². The molecule has 20 radical (unpaired) electrons. The molecule has 42 heavy (non-hydrogen) atoms. The summed E-state index contributed by atoms with van der Waals surface area (Å²) in [5.74, 6) is 0. The zero-order valence-corrected chi connectivity index (χ0v) is 35.9. The Morgan fingerprint density at radius 1 is 0.357 bits per heavy atom. The van der Waals surface area contributed by atoms with Crippen LogP contribution in [0.4, 0.5) is 0 Å².